The number of aromatic nitrogens is 3. The van der Waals surface area contributed by atoms with E-state index in [4.69, 9.17) is 16.3 Å². The molecule has 3 aromatic rings. The average Bonchev–Trinajstić information content (AvgIpc) is 3.20. The first-order chi connectivity index (χ1) is 13.2. The second kappa shape index (κ2) is 9.73. The Bertz CT molecular complexity index is 823. The van der Waals surface area contributed by atoms with Crippen LogP contribution in [-0.4, -0.2) is 34.2 Å². The Morgan fingerprint density at radius 2 is 2.07 bits per heavy atom. The van der Waals surface area contributed by atoms with E-state index in [1.165, 1.54) is 0 Å². The van der Waals surface area contributed by atoms with Gasteiger partial charge in [-0.05, 0) is 36.2 Å². The SMILES string of the molecule is O=C(NCCC(c1ccc(Cl)cc1)c1ccccn1)OCCc1cnc[nH]1. The van der Waals surface area contributed by atoms with Crippen molar-refractivity contribution < 1.29 is 9.53 Å². The van der Waals surface area contributed by atoms with Crippen LogP contribution in [0.3, 0.4) is 0 Å². The summed E-state index contributed by atoms with van der Waals surface area (Å²) in [4.78, 5) is 23.2. The fraction of sp³-hybridized carbons (Fsp3) is 0.250. The van der Waals surface area contributed by atoms with Gasteiger partial charge in [-0.25, -0.2) is 9.78 Å². The Kier molecular flexibility index (Phi) is 6.82. The highest BCUT2D eigenvalue weighted by Gasteiger charge is 2.16. The molecule has 1 aromatic carbocycles. The number of imidazole rings is 1. The van der Waals surface area contributed by atoms with E-state index >= 15 is 0 Å². The molecular weight excluding hydrogens is 364 g/mol. The van der Waals surface area contributed by atoms with Crippen molar-refractivity contribution in [3.63, 3.8) is 0 Å². The molecule has 0 aliphatic carbocycles. The molecule has 2 heterocycles. The molecule has 27 heavy (non-hydrogen) atoms. The van der Waals surface area contributed by atoms with Crippen molar-refractivity contribution in [3.8, 4) is 0 Å². The highest BCUT2D eigenvalue weighted by Crippen LogP contribution is 2.27. The maximum atomic E-state index is 11.9. The number of nitrogens with one attached hydrogen (secondary N) is 2. The molecule has 6 nitrogen and oxygen atoms in total. The summed E-state index contributed by atoms with van der Waals surface area (Å²) in [7, 11) is 0. The van der Waals surface area contributed by atoms with Crippen LogP contribution in [0, 0.1) is 0 Å². The molecule has 0 spiro atoms. The molecular formula is C20H21ClN4O2. The number of pyridine rings is 1. The minimum Gasteiger partial charge on any atom is -0.449 e. The second-order valence-corrected chi connectivity index (χ2v) is 6.47. The zero-order chi connectivity index (χ0) is 18.9. The van der Waals surface area contributed by atoms with E-state index in [0.717, 1.165) is 17.0 Å². The summed E-state index contributed by atoms with van der Waals surface area (Å²) in [5.74, 6) is 0.0637. The number of carbonyl (C=O) groups excluding carboxylic acids is 1. The van der Waals surface area contributed by atoms with Crippen LogP contribution in [0.1, 0.15) is 29.3 Å². The summed E-state index contributed by atoms with van der Waals surface area (Å²) in [6.07, 6.45) is 5.97. The van der Waals surface area contributed by atoms with Crippen molar-refractivity contribution in [2.45, 2.75) is 18.8 Å². The topological polar surface area (TPSA) is 79.9 Å². The first-order valence-corrected chi connectivity index (χ1v) is 9.14. The number of ether oxygens (including phenoxy) is 1. The number of hydrogen-bond acceptors (Lipinski definition) is 4. The molecule has 0 bridgehead atoms. The standard InChI is InChI=1S/C20H21ClN4O2/c21-16-6-4-15(5-7-16)18(19-3-1-2-10-23-19)8-11-24-20(26)27-12-9-17-13-22-14-25-17/h1-7,10,13-14,18H,8-9,11-12H2,(H,22,25)(H,24,26). The fourth-order valence-corrected chi connectivity index (χ4v) is 2.93. The molecule has 7 heteroatoms. The smallest absolute Gasteiger partial charge is 0.407 e. The molecule has 0 aliphatic heterocycles. The quantitative estimate of drug-likeness (QED) is 0.616. The van der Waals surface area contributed by atoms with E-state index in [9.17, 15) is 4.79 Å². The highest BCUT2D eigenvalue weighted by atomic mass is 35.5. The lowest BCUT2D eigenvalue weighted by atomic mass is 9.92. The first-order valence-electron chi connectivity index (χ1n) is 8.76. The van der Waals surface area contributed by atoms with E-state index in [0.29, 0.717) is 31.0 Å². The maximum absolute atomic E-state index is 11.9. The third-order valence-electron chi connectivity index (χ3n) is 4.18. The molecule has 0 saturated carbocycles. The molecule has 1 unspecified atom stereocenters. The van der Waals surface area contributed by atoms with Gasteiger partial charge in [0.1, 0.15) is 0 Å². The molecule has 2 N–H and O–H groups in total. The zero-order valence-electron chi connectivity index (χ0n) is 14.8. The van der Waals surface area contributed by atoms with E-state index < -0.39 is 6.09 Å². The Balaban J connectivity index is 1.52. The summed E-state index contributed by atoms with van der Waals surface area (Å²) in [6, 6.07) is 13.5. The molecule has 0 radical (unpaired) electrons. The van der Waals surface area contributed by atoms with Gasteiger partial charge < -0.3 is 15.0 Å². The molecule has 1 amide bonds. The summed E-state index contributed by atoms with van der Waals surface area (Å²) in [5.41, 5.74) is 2.99. The van der Waals surface area contributed by atoms with E-state index in [-0.39, 0.29) is 5.92 Å². The van der Waals surface area contributed by atoms with Crippen LogP contribution in [0.4, 0.5) is 4.79 Å². The summed E-state index contributed by atoms with van der Waals surface area (Å²) < 4.78 is 5.19. The van der Waals surface area contributed by atoms with Gasteiger partial charge in [-0.1, -0.05) is 29.8 Å². The number of nitrogens with zero attached hydrogens (tertiary/aromatic N) is 2. The van der Waals surface area contributed by atoms with Crippen molar-refractivity contribution in [1.29, 1.82) is 0 Å². The molecule has 0 fully saturated rings. The van der Waals surface area contributed by atoms with Gasteiger partial charge in [0.05, 0.1) is 12.9 Å². The van der Waals surface area contributed by atoms with Crippen LogP contribution in [0.5, 0.6) is 0 Å². The van der Waals surface area contributed by atoms with E-state index in [2.05, 4.69) is 20.3 Å². The molecule has 2 aromatic heterocycles. The van der Waals surface area contributed by atoms with Crippen molar-refractivity contribution in [2.75, 3.05) is 13.2 Å². The van der Waals surface area contributed by atoms with Crippen molar-refractivity contribution in [2.24, 2.45) is 0 Å². The first kappa shape index (κ1) is 18.9. The van der Waals surface area contributed by atoms with Gasteiger partial charge in [0.25, 0.3) is 0 Å². The van der Waals surface area contributed by atoms with Crippen LogP contribution >= 0.6 is 11.6 Å². The summed E-state index contributed by atoms with van der Waals surface area (Å²) >= 11 is 6.00. The predicted octanol–water partition coefficient (Wildman–Crippen LogP) is 3.95. The minimum atomic E-state index is -0.426. The number of hydrogen-bond donors (Lipinski definition) is 2. The van der Waals surface area contributed by atoms with E-state index in [1.807, 2.05) is 42.5 Å². The predicted molar refractivity (Wildman–Crippen MR) is 104 cm³/mol. The van der Waals surface area contributed by atoms with Crippen LogP contribution in [0.25, 0.3) is 0 Å². The number of carbonyl (C=O) groups is 1. The summed E-state index contributed by atoms with van der Waals surface area (Å²) in [5, 5.41) is 3.50. The monoisotopic (exact) mass is 384 g/mol. The number of aromatic amines is 1. The Hall–Kier alpha value is -2.86. The van der Waals surface area contributed by atoms with Crippen LogP contribution < -0.4 is 5.32 Å². The Morgan fingerprint density at radius 1 is 1.22 bits per heavy atom. The van der Waals surface area contributed by atoms with Crippen molar-refractivity contribution in [3.05, 3.63) is 83.2 Å². The van der Waals surface area contributed by atoms with Gasteiger partial charge >= 0.3 is 6.09 Å². The molecule has 1 atom stereocenters. The maximum Gasteiger partial charge on any atom is 0.407 e. The Labute approximate surface area is 163 Å². The van der Waals surface area contributed by atoms with Gasteiger partial charge in [0.15, 0.2) is 0 Å². The molecule has 3 rings (SSSR count). The molecule has 0 saturated heterocycles. The average molecular weight is 385 g/mol. The van der Waals surface area contributed by atoms with Gasteiger partial charge in [0.2, 0.25) is 0 Å². The van der Waals surface area contributed by atoms with Crippen molar-refractivity contribution in [1.82, 2.24) is 20.3 Å². The van der Waals surface area contributed by atoms with Crippen LogP contribution in [-0.2, 0) is 11.2 Å². The third kappa shape index (κ3) is 5.82. The number of benzene rings is 1. The fourth-order valence-electron chi connectivity index (χ4n) is 2.81. The zero-order valence-corrected chi connectivity index (χ0v) is 15.5. The van der Waals surface area contributed by atoms with Gasteiger partial charge in [-0.2, -0.15) is 0 Å². The number of rotatable bonds is 8. The van der Waals surface area contributed by atoms with Gasteiger partial charge in [-0.3, -0.25) is 4.98 Å². The Morgan fingerprint density at radius 3 is 2.78 bits per heavy atom. The van der Waals surface area contributed by atoms with Crippen LogP contribution in [0.2, 0.25) is 5.02 Å². The van der Waals surface area contributed by atoms with E-state index in [1.54, 1.807) is 18.7 Å². The number of halogens is 1. The minimum absolute atomic E-state index is 0.0637. The number of alkyl carbamates (subject to hydrolysis) is 1. The summed E-state index contributed by atoms with van der Waals surface area (Å²) in [6.45, 7) is 0.779. The number of H-pyrrole nitrogens is 1. The third-order valence-corrected chi connectivity index (χ3v) is 4.43. The lowest BCUT2D eigenvalue weighted by Crippen LogP contribution is -2.27. The molecule has 140 valence electrons. The normalized spacial score (nSPS) is 11.7. The number of amides is 1. The lowest BCUT2D eigenvalue weighted by Gasteiger charge is -2.17. The van der Waals surface area contributed by atoms with Crippen LogP contribution in [0.15, 0.2) is 61.2 Å². The largest absolute Gasteiger partial charge is 0.449 e. The lowest BCUT2D eigenvalue weighted by molar-refractivity contribution is 0.147. The van der Waals surface area contributed by atoms with Gasteiger partial charge in [0, 0.05) is 47.7 Å². The highest BCUT2D eigenvalue weighted by molar-refractivity contribution is 6.30. The molecule has 0 aliphatic rings. The van der Waals surface area contributed by atoms with Gasteiger partial charge in [-0.15, -0.1) is 0 Å². The van der Waals surface area contributed by atoms with Crippen molar-refractivity contribution >= 4 is 17.7 Å². The second-order valence-electron chi connectivity index (χ2n) is 6.04.